The Bertz CT molecular complexity index is 125. The Labute approximate surface area is 52.9 Å². The average Bonchev–Trinajstić information content (AvgIpc) is 2.10. The highest BCUT2D eigenvalue weighted by Crippen LogP contribution is 2.12. The van der Waals surface area contributed by atoms with E-state index in [-0.39, 0.29) is 6.10 Å². The lowest BCUT2D eigenvalue weighted by Crippen LogP contribution is -2.30. The lowest BCUT2D eigenvalue weighted by Gasteiger charge is -2.05. The molecule has 2 atom stereocenters. The van der Waals surface area contributed by atoms with Crippen molar-refractivity contribution in [2.24, 2.45) is 5.73 Å². The number of carbonyl (C=O) groups is 1. The Morgan fingerprint density at radius 2 is 2.33 bits per heavy atom. The highest BCUT2D eigenvalue weighted by atomic mass is 16.8. The van der Waals surface area contributed by atoms with E-state index in [0.717, 1.165) is 0 Å². The minimum absolute atomic E-state index is 0.252. The van der Waals surface area contributed by atoms with Crippen LogP contribution in [0, 0.1) is 0 Å². The fourth-order valence-corrected chi connectivity index (χ4v) is 0.721. The Hall–Kier alpha value is -0.770. The molecule has 0 spiro atoms. The van der Waals surface area contributed by atoms with Crippen LogP contribution in [0.4, 0.5) is 4.79 Å². The molecule has 1 fully saturated rings. The summed E-state index contributed by atoms with van der Waals surface area (Å²) in [5.41, 5.74) is 5.31. The number of rotatable bonds is 1. The summed E-state index contributed by atoms with van der Waals surface area (Å²) in [7, 11) is 0. The first-order valence-corrected chi connectivity index (χ1v) is 2.87. The summed E-state index contributed by atoms with van der Waals surface area (Å²) in [5, 5.41) is 0. The van der Waals surface area contributed by atoms with E-state index in [0.29, 0.717) is 6.42 Å². The summed E-state index contributed by atoms with van der Waals surface area (Å²) in [4.78, 5) is 10.3. The van der Waals surface area contributed by atoms with Crippen LogP contribution in [0.25, 0.3) is 0 Å². The molecule has 4 heteroatoms. The first kappa shape index (κ1) is 6.35. The summed E-state index contributed by atoms with van der Waals surface area (Å²) in [6, 6.07) is 0. The maximum absolute atomic E-state index is 10.3. The van der Waals surface area contributed by atoms with Crippen LogP contribution in [0.3, 0.4) is 0 Å². The summed E-state index contributed by atoms with van der Waals surface area (Å²) in [5.74, 6) is 0. The summed E-state index contributed by atoms with van der Waals surface area (Å²) >= 11 is 0. The van der Waals surface area contributed by atoms with E-state index >= 15 is 0 Å². The number of hydrogen-bond acceptors (Lipinski definition) is 4. The van der Waals surface area contributed by atoms with Gasteiger partial charge in [0.25, 0.3) is 0 Å². The first-order valence-electron chi connectivity index (χ1n) is 2.87. The van der Waals surface area contributed by atoms with Gasteiger partial charge in [-0.05, 0) is 6.42 Å². The number of nitrogens with two attached hydrogens (primary N) is 1. The van der Waals surface area contributed by atoms with Crippen LogP contribution in [0.5, 0.6) is 0 Å². The Morgan fingerprint density at radius 3 is 2.56 bits per heavy atom. The number of ether oxygens (including phenoxy) is 2. The minimum Gasteiger partial charge on any atom is -0.425 e. The molecular formula is C5H9NO3. The lowest BCUT2D eigenvalue weighted by atomic mass is 10.2. The zero-order valence-electron chi connectivity index (χ0n) is 5.16. The maximum Gasteiger partial charge on any atom is 0.510 e. The van der Waals surface area contributed by atoms with E-state index in [1.54, 1.807) is 0 Å². The molecule has 0 bridgehead atoms. The van der Waals surface area contributed by atoms with Crippen molar-refractivity contribution in [1.82, 2.24) is 0 Å². The Balaban J connectivity index is 2.47. The quantitative estimate of drug-likeness (QED) is 0.517. The van der Waals surface area contributed by atoms with Crippen molar-refractivity contribution in [2.45, 2.75) is 25.7 Å². The lowest BCUT2D eigenvalue weighted by molar-refractivity contribution is 0.116. The second-order valence-corrected chi connectivity index (χ2v) is 1.90. The monoisotopic (exact) mass is 131 g/mol. The van der Waals surface area contributed by atoms with Crippen molar-refractivity contribution in [3.63, 3.8) is 0 Å². The third kappa shape index (κ3) is 1.13. The van der Waals surface area contributed by atoms with Gasteiger partial charge in [-0.3, -0.25) is 5.73 Å². The van der Waals surface area contributed by atoms with Gasteiger partial charge in [-0.1, -0.05) is 6.92 Å². The van der Waals surface area contributed by atoms with Crippen LogP contribution >= 0.6 is 0 Å². The van der Waals surface area contributed by atoms with Gasteiger partial charge in [0.05, 0.1) is 0 Å². The third-order valence-electron chi connectivity index (χ3n) is 1.25. The van der Waals surface area contributed by atoms with Crippen molar-refractivity contribution in [3.8, 4) is 0 Å². The average molecular weight is 131 g/mol. The highest BCUT2D eigenvalue weighted by molar-refractivity contribution is 5.62. The number of hydrogen-bond donors (Lipinski definition) is 1. The third-order valence-corrected chi connectivity index (χ3v) is 1.25. The molecule has 4 nitrogen and oxygen atoms in total. The molecule has 52 valence electrons. The molecule has 1 rings (SSSR count). The Morgan fingerprint density at radius 1 is 1.67 bits per heavy atom. The number of carbonyl (C=O) groups excluding carboxylic acids is 1. The molecule has 0 aromatic rings. The van der Waals surface area contributed by atoms with Crippen molar-refractivity contribution < 1.29 is 14.3 Å². The zero-order chi connectivity index (χ0) is 6.85. The summed E-state index contributed by atoms with van der Waals surface area (Å²) in [6.07, 6.45) is -0.776. The first-order chi connectivity index (χ1) is 4.24. The smallest absolute Gasteiger partial charge is 0.425 e. The molecule has 1 aliphatic rings. The normalized spacial score (nSPS) is 33.8. The topological polar surface area (TPSA) is 61.5 Å². The molecule has 0 aromatic carbocycles. The summed E-state index contributed by atoms with van der Waals surface area (Å²) < 4.78 is 9.12. The van der Waals surface area contributed by atoms with Gasteiger partial charge in [0.15, 0.2) is 12.3 Å². The van der Waals surface area contributed by atoms with E-state index < -0.39 is 12.4 Å². The van der Waals surface area contributed by atoms with E-state index in [1.807, 2.05) is 6.92 Å². The van der Waals surface area contributed by atoms with Gasteiger partial charge in [-0.25, -0.2) is 4.79 Å². The van der Waals surface area contributed by atoms with Gasteiger partial charge in [-0.2, -0.15) is 0 Å². The SMILES string of the molecule is CCC1OC(=O)OC1N. The van der Waals surface area contributed by atoms with Gasteiger partial charge < -0.3 is 9.47 Å². The van der Waals surface area contributed by atoms with Crippen molar-refractivity contribution in [2.75, 3.05) is 0 Å². The molecule has 2 N–H and O–H groups in total. The van der Waals surface area contributed by atoms with Crippen molar-refractivity contribution in [3.05, 3.63) is 0 Å². The van der Waals surface area contributed by atoms with E-state index in [2.05, 4.69) is 9.47 Å². The molecule has 1 saturated heterocycles. The maximum atomic E-state index is 10.3. The Kier molecular flexibility index (Phi) is 1.57. The van der Waals surface area contributed by atoms with E-state index in [1.165, 1.54) is 0 Å². The van der Waals surface area contributed by atoms with Gasteiger partial charge >= 0.3 is 6.16 Å². The zero-order valence-corrected chi connectivity index (χ0v) is 5.16. The van der Waals surface area contributed by atoms with Gasteiger partial charge in [-0.15, -0.1) is 0 Å². The highest BCUT2D eigenvalue weighted by Gasteiger charge is 2.31. The van der Waals surface area contributed by atoms with Crippen LogP contribution < -0.4 is 5.73 Å². The second kappa shape index (κ2) is 2.23. The van der Waals surface area contributed by atoms with Crippen LogP contribution in [-0.4, -0.2) is 18.5 Å². The fraction of sp³-hybridized carbons (Fsp3) is 0.800. The molecule has 0 amide bonds. The molecule has 2 unspecified atom stereocenters. The predicted octanol–water partition coefficient (Wildman–Crippen LogP) is 0.217. The number of cyclic esters (lactones) is 2. The molecule has 0 aromatic heterocycles. The minimum atomic E-state index is -0.658. The van der Waals surface area contributed by atoms with E-state index in [9.17, 15) is 4.79 Å². The molecule has 9 heavy (non-hydrogen) atoms. The van der Waals surface area contributed by atoms with Gasteiger partial charge in [0.1, 0.15) is 0 Å². The summed E-state index contributed by atoms with van der Waals surface area (Å²) in [6.45, 7) is 1.88. The standard InChI is InChI=1S/C5H9NO3/c1-2-3-4(6)9-5(7)8-3/h3-4H,2,6H2,1H3. The molecule has 1 aliphatic heterocycles. The molecule has 0 aliphatic carbocycles. The van der Waals surface area contributed by atoms with Crippen LogP contribution in [0.2, 0.25) is 0 Å². The van der Waals surface area contributed by atoms with Crippen molar-refractivity contribution >= 4 is 6.16 Å². The second-order valence-electron chi connectivity index (χ2n) is 1.90. The largest absolute Gasteiger partial charge is 0.510 e. The fourth-order valence-electron chi connectivity index (χ4n) is 0.721. The van der Waals surface area contributed by atoms with Crippen LogP contribution in [0.15, 0.2) is 0 Å². The predicted molar refractivity (Wildman–Crippen MR) is 29.6 cm³/mol. The van der Waals surface area contributed by atoms with Crippen LogP contribution in [-0.2, 0) is 9.47 Å². The molecular weight excluding hydrogens is 122 g/mol. The molecule has 0 saturated carbocycles. The van der Waals surface area contributed by atoms with Crippen LogP contribution in [0.1, 0.15) is 13.3 Å². The van der Waals surface area contributed by atoms with Gasteiger partial charge in [0.2, 0.25) is 0 Å². The van der Waals surface area contributed by atoms with Gasteiger partial charge in [0, 0.05) is 0 Å². The molecule has 0 radical (unpaired) electrons. The van der Waals surface area contributed by atoms with Crippen molar-refractivity contribution in [1.29, 1.82) is 0 Å². The molecule has 1 heterocycles. The van der Waals surface area contributed by atoms with E-state index in [4.69, 9.17) is 5.73 Å².